The third-order valence-electron chi connectivity index (χ3n) is 2.40. The van der Waals surface area contributed by atoms with Gasteiger partial charge in [-0.3, -0.25) is 0 Å². The first kappa shape index (κ1) is 15.0. The molecule has 0 bridgehead atoms. The van der Waals surface area contributed by atoms with Crippen LogP contribution >= 0.6 is 0 Å². The lowest BCUT2D eigenvalue weighted by molar-refractivity contribution is -0.146. The van der Waals surface area contributed by atoms with Gasteiger partial charge in [-0.25, -0.2) is 9.59 Å². The van der Waals surface area contributed by atoms with Crippen LogP contribution in [0.2, 0.25) is 0 Å². The Balaban J connectivity index is 2.53. The Morgan fingerprint density at radius 1 is 1.21 bits per heavy atom. The summed E-state index contributed by atoms with van der Waals surface area (Å²) in [6.45, 7) is 2.17. The van der Waals surface area contributed by atoms with Gasteiger partial charge in [-0.05, 0) is 18.6 Å². The van der Waals surface area contributed by atoms with E-state index in [0.717, 1.165) is 12.8 Å². The second-order valence-electron chi connectivity index (χ2n) is 3.85. The van der Waals surface area contributed by atoms with Crippen molar-refractivity contribution in [2.24, 2.45) is 0 Å². The van der Waals surface area contributed by atoms with Crippen LogP contribution in [0.3, 0.4) is 0 Å². The van der Waals surface area contributed by atoms with Gasteiger partial charge < -0.3 is 14.2 Å². The first-order valence-corrected chi connectivity index (χ1v) is 6.14. The molecule has 5 heteroatoms. The summed E-state index contributed by atoms with van der Waals surface area (Å²) in [6, 6.07) is 6.58. The number of hydrogen-bond donors (Lipinski definition) is 0. The molecule has 0 N–H and O–H groups in total. The highest BCUT2D eigenvalue weighted by Gasteiger charge is 2.13. The summed E-state index contributed by atoms with van der Waals surface area (Å²) >= 11 is 0. The summed E-state index contributed by atoms with van der Waals surface area (Å²) in [6.07, 6.45) is 1.78. The highest BCUT2D eigenvalue weighted by Crippen LogP contribution is 2.18. The molecule has 0 aliphatic carbocycles. The van der Waals surface area contributed by atoms with Crippen LogP contribution in [-0.4, -0.2) is 32.3 Å². The number of hydrogen-bond acceptors (Lipinski definition) is 5. The smallest absolute Gasteiger partial charge is 0.344 e. The van der Waals surface area contributed by atoms with Crippen molar-refractivity contribution in [3.63, 3.8) is 0 Å². The van der Waals surface area contributed by atoms with Crippen molar-refractivity contribution in [1.29, 1.82) is 0 Å². The zero-order valence-electron chi connectivity index (χ0n) is 11.2. The molecule has 0 aromatic heterocycles. The SMILES string of the molecule is CCCCOC(=O)COc1ccccc1C(=O)OC. The highest BCUT2D eigenvalue weighted by atomic mass is 16.6. The quantitative estimate of drug-likeness (QED) is 0.559. The van der Waals surface area contributed by atoms with Gasteiger partial charge in [0, 0.05) is 0 Å². The van der Waals surface area contributed by atoms with E-state index in [1.54, 1.807) is 24.3 Å². The monoisotopic (exact) mass is 266 g/mol. The van der Waals surface area contributed by atoms with Crippen LogP contribution in [0, 0.1) is 0 Å². The molecule has 1 aromatic rings. The van der Waals surface area contributed by atoms with Crippen molar-refractivity contribution in [2.45, 2.75) is 19.8 Å². The van der Waals surface area contributed by atoms with Gasteiger partial charge >= 0.3 is 11.9 Å². The summed E-state index contributed by atoms with van der Waals surface area (Å²) in [7, 11) is 1.29. The van der Waals surface area contributed by atoms with Crippen LogP contribution < -0.4 is 4.74 Å². The average molecular weight is 266 g/mol. The van der Waals surface area contributed by atoms with Crippen LogP contribution in [0.1, 0.15) is 30.1 Å². The molecule has 0 radical (unpaired) electrons. The standard InChI is InChI=1S/C14H18O5/c1-3-4-9-18-13(15)10-19-12-8-6-5-7-11(12)14(16)17-2/h5-8H,3-4,9-10H2,1-2H3. The molecular formula is C14H18O5. The van der Waals surface area contributed by atoms with E-state index >= 15 is 0 Å². The lowest BCUT2D eigenvalue weighted by Gasteiger charge is -2.09. The maximum atomic E-state index is 11.5. The van der Waals surface area contributed by atoms with Gasteiger partial charge in [0.05, 0.1) is 13.7 Å². The lowest BCUT2D eigenvalue weighted by Crippen LogP contribution is -2.16. The Bertz CT molecular complexity index is 428. The molecule has 104 valence electrons. The highest BCUT2D eigenvalue weighted by molar-refractivity contribution is 5.92. The van der Waals surface area contributed by atoms with E-state index in [9.17, 15) is 9.59 Å². The average Bonchev–Trinajstić information content (AvgIpc) is 2.45. The Kier molecular flexibility index (Phi) is 6.43. The minimum absolute atomic E-state index is 0.224. The second kappa shape index (κ2) is 8.13. The van der Waals surface area contributed by atoms with Crippen molar-refractivity contribution in [1.82, 2.24) is 0 Å². The van der Waals surface area contributed by atoms with Crippen molar-refractivity contribution >= 4 is 11.9 Å². The minimum Gasteiger partial charge on any atom is -0.481 e. The van der Waals surface area contributed by atoms with E-state index in [2.05, 4.69) is 4.74 Å². The number of benzene rings is 1. The summed E-state index contributed by atoms with van der Waals surface area (Å²) < 4.78 is 14.9. The molecule has 0 heterocycles. The molecule has 0 amide bonds. The molecule has 0 saturated carbocycles. The number of esters is 2. The maximum absolute atomic E-state index is 11.5. The number of unbranched alkanes of at least 4 members (excludes halogenated alkanes) is 1. The first-order chi connectivity index (χ1) is 9.19. The van der Waals surface area contributed by atoms with Crippen LogP contribution in [-0.2, 0) is 14.3 Å². The number of methoxy groups -OCH3 is 1. The fourth-order valence-electron chi connectivity index (χ4n) is 1.38. The largest absolute Gasteiger partial charge is 0.481 e. The predicted molar refractivity (Wildman–Crippen MR) is 69.1 cm³/mol. The predicted octanol–water partition coefficient (Wildman–Crippen LogP) is 2.20. The summed E-state index contributed by atoms with van der Waals surface area (Å²) in [5, 5.41) is 0. The molecule has 1 aromatic carbocycles. The summed E-state index contributed by atoms with van der Waals surface area (Å²) in [5.74, 6) is -0.648. The molecule has 0 atom stereocenters. The number of rotatable bonds is 7. The molecule has 0 aliphatic rings. The first-order valence-electron chi connectivity index (χ1n) is 6.14. The van der Waals surface area contributed by atoms with Gasteiger partial charge in [0.15, 0.2) is 6.61 Å². The van der Waals surface area contributed by atoms with Crippen LogP contribution in [0.5, 0.6) is 5.75 Å². The Hall–Kier alpha value is -2.04. The van der Waals surface area contributed by atoms with E-state index < -0.39 is 11.9 Å². The van der Waals surface area contributed by atoms with Crippen LogP contribution in [0.25, 0.3) is 0 Å². The maximum Gasteiger partial charge on any atom is 0.344 e. The zero-order valence-corrected chi connectivity index (χ0v) is 11.2. The Morgan fingerprint density at radius 2 is 1.95 bits per heavy atom. The summed E-state index contributed by atoms with van der Waals surface area (Å²) in [4.78, 5) is 22.8. The molecule has 5 nitrogen and oxygen atoms in total. The number of carbonyl (C=O) groups excluding carboxylic acids is 2. The normalized spacial score (nSPS) is 9.79. The van der Waals surface area contributed by atoms with E-state index in [-0.39, 0.29) is 12.2 Å². The lowest BCUT2D eigenvalue weighted by atomic mass is 10.2. The van der Waals surface area contributed by atoms with E-state index in [4.69, 9.17) is 9.47 Å². The molecule has 0 spiro atoms. The molecule has 1 rings (SSSR count). The van der Waals surface area contributed by atoms with Crippen LogP contribution in [0.15, 0.2) is 24.3 Å². The Labute approximate surface area is 112 Å². The number of ether oxygens (including phenoxy) is 3. The third-order valence-corrected chi connectivity index (χ3v) is 2.40. The zero-order chi connectivity index (χ0) is 14.1. The van der Waals surface area contributed by atoms with E-state index in [1.807, 2.05) is 6.92 Å². The molecule has 19 heavy (non-hydrogen) atoms. The van der Waals surface area contributed by atoms with E-state index in [1.165, 1.54) is 7.11 Å². The fourth-order valence-corrected chi connectivity index (χ4v) is 1.38. The molecular weight excluding hydrogens is 248 g/mol. The van der Waals surface area contributed by atoms with E-state index in [0.29, 0.717) is 12.4 Å². The van der Waals surface area contributed by atoms with Crippen molar-refractivity contribution in [2.75, 3.05) is 20.3 Å². The van der Waals surface area contributed by atoms with Gasteiger partial charge in [0.2, 0.25) is 0 Å². The topological polar surface area (TPSA) is 61.8 Å². The van der Waals surface area contributed by atoms with Gasteiger partial charge in [-0.1, -0.05) is 25.5 Å². The second-order valence-corrected chi connectivity index (χ2v) is 3.85. The number of carbonyl (C=O) groups is 2. The van der Waals surface area contributed by atoms with Gasteiger partial charge in [0.25, 0.3) is 0 Å². The van der Waals surface area contributed by atoms with Gasteiger partial charge in [-0.15, -0.1) is 0 Å². The van der Waals surface area contributed by atoms with Crippen LogP contribution in [0.4, 0.5) is 0 Å². The van der Waals surface area contributed by atoms with Crippen molar-refractivity contribution in [3.8, 4) is 5.75 Å². The minimum atomic E-state index is -0.505. The number of para-hydroxylation sites is 1. The van der Waals surface area contributed by atoms with Crippen molar-refractivity contribution in [3.05, 3.63) is 29.8 Å². The molecule has 0 aliphatic heterocycles. The molecule has 0 unspecified atom stereocenters. The molecule has 0 fully saturated rings. The Morgan fingerprint density at radius 3 is 2.63 bits per heavy atom. The van der Waals surface area contributed by atoms with Crippen molar-refractivity contribution < 1.29 is 23.8 Å². The molecule has 0 saturated heterocycles. The fraction of sp³-hybridized carbons (Fsp3) is 0.429. The third kappa shape index (κ3) is 4.99. The summed E-state index contributed by atoms with van der Waals surface area (Å²) in [5.41, 5.74) is 0.284. The van der Waals surface area contributed by atoms with Gasteiger partial charge in [0.1, 0.15) is 11.3 Å². The van der Waals surface area contributed by atoms with Gasteiger partial charge in [-0.2, -0.15) is 0 Å².